The quantitative estimate of drug-likeness (QED) is 0.877. The lowest BCUT2D eigenvalue weighted by Crippen LogP contribution is -2.31. The van der Waals surface area contributed by atoms with Crippen molar-refractivity contribution >= 4 is 21.6 Å². The van der Waals surface area contributed by atoms with Crippen molar-refractivity contribution in [2.45, 2.75) is 32.1 Å². The van der Waals surface area contributed by atoms with Gasteiger partial charge < -0.3 is 4.90 Å². The summed E-state index contributed by atoms with van der Waals surface area (Å²) in [5, 5.41) is 0. The van der Waals surface area contributed by atoms with Gasteiger partial charge in [-0.1, -0.05) is 29.8 Å². The summed E-state index contributed by atoms with van der Waals surface area (Å²) in [6.45, 7) is 6.43. The third-order valence-corrected chi connectivity index (χ3v) is 6.31. The van der Waals surface area contributed by atoms with Crippen molar-refractivity contribution in [3.8, 4) is 0 Å². The molecule has 1 N–H and O–H groups in total. The molecule has 1 amide bonds. The highest BCUT2D eigenvalue weighted by molar-refractivity contribution is 7.89. The summed E-state index contributed by atoms with van der Waals surface area (Å²) >= 11 is 0. The Bertz CT molecular complexity index is 921. The van der Waals surface area contributed by atoms with Crippen molar-refractivity contribution in [2.75, 3.05) is 18.0 Å². The molecule has 1 heterocycles. The summed E-state index contributed by atoms with van der Waals surface area (Å²) in [7, 11) is -3.59. The van der Waals surface area contributed by atoms with Gasteiger partial charge in [-0.25, -0.2) is 13.1 Å². The monoisotopic (exact) mass is 372 g/mol. The van der Waals surface area contributed by atoms with Crippen LogP contribution in [0.25, 0.3) is 0 Å². The van der Waals surface area contributed by atoms with E-state index in [-0.39, 0.29) is 18.4 Å². The van der Waals surface area contributed by atoms with Crippen molar-refractivity contribution in [1.29, 1.82) is 0 Å². The third-order valence-electron chi connectivity index (χ3n) is 4.75. The molecule has 2 aromatic rings. The Morgan fingerprint density at radius 1 is 1.04 bits per heavy atom. The van der Waals surface area contributed by atoms with Gasteiger partial charge in [0, 0.05) is 25.2 Å². The number of hydrogen-bond donors (Lipinski definition) is 1. The minimum absolute atomic E-state index is 0.0322. The number of carbonyl (C=O) groups excluding carboxylic acids is 1. The van der Waals surface area contributed by atoms with Crippen molar-refractivity contribution in [2.24, 2.45) is 5.92 Å². The van der Waals surface area contributed by atoms with E-state index in [1.807, 2.05) is 50.2 Å². The van der Waals surface area contributed by atoms with Crippen LogP contribution >= 0.6 is 0 Å². The topological polar surface area (TPSA) is 66.5 Å². The fraction of sp³-hybridized carbons (Fsp3) is 0.350. The van der Waals surface area contributed by atoms with Crippen molar-refractivity contribution in [1.82, 2.24) is 4.72 Å². The summed E-state index contributed by atoms with van der Waals surface area (Å²) in [4.78, 5) is 14.3. The van der Waals surface area contributed by atoms with Crippen molar-refractivity contribution < 1.29 is 13.2 Å². The van der Waals surface area contributed by atoms with Crippen LogP contribution in [0.3, 0.4) is 0 Å². The molecule has 2 aromatic carbocycles. The number of carbonyl (C=O) groups is 1. The summed E-state index contributed by atoms with van der Waals surface area (Å²) in [6, 6.07) is 13.2. The van der Waals surface area contributed by atoms with Gasteiger partial charge in [0.25, 0.3) is 0 Å². The van der Waals surface area contributed by atoms with E-state index in [0.29, 0.717) is 23.4 Å². The Kier molecular flexibility index (Phi) is 5.16. The Balaban J connectivity index is 1.68. The summed E-state index contributed by atoms with van der Waals surface area (Å²) in [5.74, 6) is -0.00604. The van der Waals surface area contributed by atoms with E-state index in [4.69, 9.17) is 0 Å². The fourth-order valence-electron chi connectivity index (χ4n) is 3.19. The highest BCUT2D eigenvalue weighted by atomic mass is 32.2. The van der Waals surface area contributed by atoms with E-state index in [2.05, 4.69) is 4.72 Å². The first-order valence-electron chi connectivity index (χ1n) is 8.70. The molecule has 0 unspecified atom stereocenters. The second kappa shape index (κ2) is 7.21. The zero-order valence-electron chi connectivity index (χ0n) is 15.3. The number of sulfonamides is 1. The molecule has 0 radical (unpaired) electrons. The van der Waals surface area contributed by atoms with Crippen molar-refractivity contribution in [3.05, 3.63) is 59.2 Å². The molecule has 26 heavy (non-hydrogen) atoms. The number of anilines is 1. The Hall–Kier alpha value is -2.18. The smallest absolute Gasteiger partial charge is 0.240 e. The van der Waals surface area contributed by atoms with E-state index in [9.17, 15) is 13.2 Å². The van der Waals surface area contributed by atoms with Crippen LogP contribution in [0.1, 0.15) is 23.1 Å². The lowest BCUT2D eigenvalue weighted by Gasteiger charge is -2.17. The summed E-state index contributed by atoms with van der Waals surface area (Å²) in [5.41, 5.74) is 3.61. The second-order valence-corrected chi connectivity index (χ2v) is 8.77. The van der Waals surface area contributed by atoms with Crippen LogP contribution in [-0.2, 0) is 14.8 Å². The van der Waals surface area contributed by atoms with Gasteiger partial charge in [-0.15, -0.1) is 0 Å². The molecular weight excluding hydrogens is 348 g/mol. The van der Waals surface area contributed by atoms with E-state index in [0.717, 1.165) is 16.8 Å². The maximum absolute atomic E-state index is 12.6. The predicted octanol–water partition coefficient (Wildman–Crippen LogP) is 2.94. The van der Waals surface area contributed by atoms with Crippen LogP contribution in [0.15, 0.2) is 47.4 Å². The molecule has 0 aromatic heterocycles. The molecule has 0 saturated carbocycles. The van der Waals surface area contributed by atoms with Gasteiger partial charge in [0.05, 0.1) is 4.90 Å². The van der Waals surface area contributed by atoms with E-state index >= 15 is 0 Å². The number of aryl methyl sites for hydroxylation is 3. The molecule has 0 aliphatic carbocycles. The SMILES string of the molecule is Cc1ccc(N2C[C@@H](CNS(=O)(=O)c3cc(C)ccc3C)CC2=O)cc1. The minimum atomic E-state index is -3.59. The second-order valence-electron chi connectivity index (χ2n) is 7.03. The Labute approximate surface area is 155 Å². The number of nitrogens with one attached hydrogen (secondary N) is 1. The summed E-state index contributed by atoms with van der Waals surface area (Å²) < 4.78 is 27.9. The lowest BCUT2D eigenvalue weighted by atomic mass is 10.1. The first-order valence-corrected chi connectivity index (χ1v) is 10.2. The Morgan fingerprint density at radius 2 is 1.69 bits per heavy atom. The summed E-state index contributed by atoms with van der Waals surface area (Å²) in [6.07, 6.45) is 0.350. The lowest BCUT2D eigenvalue weighted by molar-refractivity contribution is -0.117. The fourth-order valence-corrected chi connectivity index (χ4v) is 4.64. The molecule has 0 bridgehead atoms. The molecule has 1 fully saturated rings. The van der Waals surface area contributed by atoms with E-state index in [1.54, 1.807) is 17.9 Å². The highest BCUT2D eigenvalue weighted by Crippen LogP contribution is 2.25. The maximum Gasteiger partial charge on any atom is 0.240 e. The molecule has 0 spiro atoms. The van der Waals surface area contributed by atoms with Crippen LogP contribution in [0.4, 0.5) is 5.69 Å². The minimum Gasteiger partial charge on any atom is -0.312 e. The molecule has 3 rings (SSSR count). The molecule has 1 aliphatic heterocycles. The molecule has 5 nitrogen and oxygen atoms in total. The molecule has 1 atom stereocenters. The first-order chi connectivity index (χ1) is 12.3. The number of rotatable bonds is 5. The average Bonchev–Trinajstić information content (AvgIpc) is 2.97. The normalized spacial score (nSPS) is 17.7. The van der Waals surface area contributed by atoms with Crippen LogP contribution in [-0.4, -0.2) is 27.4 Å². The predicted molar refractivity (Wildman–Crippen MR) is 103 cm³/mol. The van der Waals surface area contributed by atoms with Crippen LogP contribution < -0.4 is 9.62 Å². The van der Waals surface area contributed by atoms with Gasteiger partial charge in [0.2, 0.25) is 15.9 Å². The number of nitrogens with zero attached hydrogens (tertiary/aromatic N) is 1. The van der Waals surface area contributed by atoms with Gasteiger partial charge in [-0.05, 0) is 56.0 Å². The molecule has 138 valence electrons. The number of hydrogen-bond acceptors (Lipinski definition) is 3. The molecule has 1 aliphatic rings. The average molecular weight is 372 g/mol. The van der Waals surface area contributed by atoms with Gasteiger partial charge in [-0.3, -0.25) is 4.79 Å². The standard InChI is InChI=1S/C20H24N2O3S/c1-14-5-8-18(9-6-14)22-13-17(11-20(22)23)12-21-26(24,25)19-10-15(2)4-7-16(19)3/h4-10,17,21H,11-13H2,1-3H3/t17-/m1/s1. The highest BCUT2D eigenvalue weighted by Gasteiger charge is 2.31. The van der Waals surface area contributed by atoms with Gasteiger partial charge in [-0.2, -0.15) is 0 Å². The van der Waals surface area contributed by atoms with E-state index < -0.39 is 10.0 Å². The maximum atomic E-state index is 12.6. The van der Waals surface area contributed by atoms with Gasteiger partial charge in [0.15, 0.2) is 0 Å². The zero-order valence-corrected chi connectivity index (χ0v) is 16.1. The van der Waals surface area contributed by atoms with Gasteiger partial charge in [0.1, 0.15) is 0 Å². The first kappa shape index (κ1) is 18.6. The van der Waals surface area contributed by atoms with Gasteiger partial charge >= 0.3 is 0 Å². The number of benzene rings is 2. The van der Waals surface area contributed by atoms with Crippen LogP contribution in [0.5, 0.6) is 0 Å². The number of amides is 1. The molecule has 1 saturated heterocycles. The molecule has 6 heteroatoms. The van der Waals surface area contributed by atoms with Crippen LogP contribution in [0.2, 0.25) is 0 Å². The molecular formula is C20H24N2O3S. The third kappa shape index (κ3) is 3.97. The van der Waals surface area contributed by atoms with E-state index in [1.165, 1.54) is 0 Å². The van der Waals surface area contributed by atoms with Crippen molar-refractivity contribution in [3.63, 3.8) is 0 Å². The zero-order chi connectivity index (χ0) is 18.9. The Morgan fingerprint density at radius 3 is 2.38 bits per heavy atom. The largest absolute Gasteiger partial charge is 0.312 e. The van der Waals surface area contributed by atoms with Crippen LogP contribution in [0, 0.1) is 26.7 Å².